The van der Waals surface area contributed by atoms with E-state index < -0.39 is 6.03 Å². The molecule has 2 aromatic carbocycles. The van der Waals surface area contributed by atoms with E-state index in [-0.39, 0.29) is 23.5 Å². The number of carbonyl (C=O) groups excluding carboxylic acids is 2. The minimum absolute atomic E-state index is 0.186. The molecule has 1 heterocycles. The summed E-state index contributed by atoms with van der Waals surface area (Å²) in [5, 5.41) is 5.24. The maximum Gasteiger partial charge on any atom is 0.321 e. The standard InChI is InChI=1S/C25H34N4O2/c1-19(23(30)26-24(31)27-25(2,3)4)28-15-17-29(18-16-28)22(20-11-7-5-8-12-20)21-13-9-6-10-14-21/h5-14,19,22H,15-18H2,1-4H3,(H2,26,27,30,31)/t19-/m0/s1. The lowest BCUT2D eigenvalue weighted by molar-refractivity contribution is -0.125. The maximum atomic E-state index is 12.6. The van der Waals surface area contributed by atoms with Crippen molar-refractivity contribution in [2.24, 2.45) is 0 Å². The van der Waals surface area contributed by atoms with E-state index in [0.29, 0.717) is 0 Å². The number of benzene rings is 2. The van der Waals surface area contributed by atoms with E-state index in [0.717, 1.165) is 26.2 Å². The zero-order valence-corrected chi connectivity index (χ0v) is 19.0. The number of piperazine rings is 1. The molecule has 0 bridgehead atoms. The Morgan fingerprint density at radius 2 is 1.26 bits per heavy atom. The fraction of sp³-hybridized carbons (Fsp3) is 0.440. The SMILES string of the molecule is C[C@@H](C(=O)NC(=O)NC(C)(C)C)N1CCN(C(c2ccccc2)c2ccccc2)CC1. The normalized spacial score (nSPS) is 16.7. The molecule has 0 unspecified atom stereocenters. The van der Waals surface area contributed by atoms with Gasteiger partial charge in [-0.3, -0.25) is 19.9 Å². The Hall–Kier alpha value is -2.70. The summed E-state index contributed by atoms with van der Waals surface area (Å²) >= 11 is 0. The summed E-state index contributed by atoms with van der Waals surface area (Å²) in [5.74, 6) is -0.266. The predicted octanol–water partition coefficient (Wildman–Crippen LogP) is 3.41. The third-order valence-corrected chi connectivity index (χ3v) is 5.60. The monoisotopic (exact) mass is 422 g/mol. The van der Waals surface area contributed by atoms with Crippen molar-refractivity contribution in [3.8, 4) is 0 Å². The summed E-state index contributed by atoms with van der Waals surface area (Å²) in [7, 11) is 0. The Bertz CT molecular complexity index is 817. The van der Waals surface area contributed by atoms with Gasteiger partial charge >= 0.3 is 6.03 Å². The van der Waals surface area contributed by atoms with Crippen LogP contribution in [0.15, 0.2) is 60.7 Å². The van der Waals surface area contributed by atoms with Crippen LogP contribution in [0.1, 0.15) is 44.9 Å². The Kier molecular flexibility index (Phi) is 7.46. The Labute approximate surface area is 185 Å². The third-order valence-electron chi connectivity index (χ3n) is 5.60. The number of rotatable bonds is 5. The smallest absolute Gasteiger partial charge is 0.321 e. The first-order valence-corrected chi connectivity index (χ1v) is 11.0. The van der Waals surface area contributed by atoms with Crippen molar-refractivity contribution in [2.45, 2.75) is 45.3 Å². The van der Waals surface area contributed by atoms with Crippen molar-refractivity contribution in [3.05, 3.63) is 71.8 Å². The molecular formula is C25H34N4O2. The lowest BCUT2D eigenvalue weighted by Gasteiger charge is -2.41. The zero-order chi connectivity index (χ0) is 22.4. The highest BCUT2D eigenvalue weighted by molar-refractivity contribution is 5.97. The number of nitrogens with zero attached hydrogens (tertiary/aromatic N) is 2. The van der Waals surface area contributed by atoms with Crippen LogP contribution in [-0.2, 0) is 4.79 Å². The van der Waals surface area contributed by atoms with Gasteiger partial charge in [0, 0.05) is 31.7 Å². The molecule has 31 heavy (non-hydrogen) atoms. The average molecular weight is 423 g/mol. The van der Waals surface area contributed by atoms with Gasteiger partial charge in [0.15, 0.2) is 0 Å². The number of imide groups is 1. The minimum atomic E-state index is -0.448. The molecule has 6 heteroatoms. The van der Waals surface area contributed by atoms with Crippen molar-refractivity contribution in [2.75, 3.05) is 26.2 Å². The Morgan fingerprint density at radius 3 is 1.71 bits per heavy atom. The van der Waals surface area contributed by atoms with Crippen molar-refractivity contribution >= 4 is 11.9 Å². The molecule has 1 fully saturated rings. The second-order valence-corrected chi connectivity index (χ2v) is 9.17. The number of amides is 3. The van der Waals surface area contributed by atoms with E-state index in [1.807, 2.05) is 39.8 Å². The quantitative estimate of drug-likeness (QED) is 0.775. The topological polar surface area (TPSA) is 64.7 Å². The van der Waals surface area contributed by atoms with Crippen LogP contribution in [0.3, 0.4) is 0 Å². The summed E-state index contributed by atoms with van der Waals surface area (Å²) in [4.78, 5) is 29.2. The Balaban J connectivity index is 1.63. The molecule has 1 aliphatic rings. The maximum absolute atomic E-state index is 12.6. The van der Waals surface area contributed by atoms with Gasteiger partial charge in [-0.15, -0.1) is 0 Å². The van der Waals surface area contributed by atoms with Crippen LogP contribution < -0.4 is 10.6 Å². The highest BCUT2D eigenvalue weighted by atomic mass is 16.2. The minimum Gasteiger partial charge on any atom is -0.333 e. The molecule has 6 nitrogen and oxygen atoms in total. The van der Waals surface area contributed by atoms with Gasteiger partial charge in [0.1, 0.15) is 0 Å². The summed E-state index contributed by atoms with van der Waals surface area (Å²) in [6.45, 7) is 10.7. The van der Waals surface area contributed by atoms with E-state index in [4.69, 9.17) is 0 Å². The van der Waals surface area contributed by atoms with Crippen LogP contribution in [-0.4, -0.2) is 59.5 Å². The van der Waals surface area contributed by atoms with Gasteiger partial charge in [0.2, 0.25) is 5.91 Å². The third kappa shape index (κ3) is 6.39. The molecule has 2 aromatic rings. The zero-order valence-electron chi connectivity index (χ0n) is 19.0. The number of nitrogens with one attached hydrogen (secondary N) is 2. The second-order valence-electron chi connectivity index (χ2n) is 9.17. The van der Waals surface area contributed by atoms with Crippen molar-refractivity contribution in [1.29, 1.82) is 0 Å². The Morgan fingerprint density at radius 1 is 0.806 bits per heavy atom. The summed E-state index contributed by atoms with van der Waals surface area (Å²) in [6.07, 6.45) is 0. The summed E-state index contributed by atoms with van der Waals surface area (Å²) in [6, 6.07) is 20.5. The summed E-state index contributed by atoms with van der Waals surface area (Å²) in [5.41, 5.74) is 2.15. The van der Waals surface area contributed by atoms with Crippen LogP contribution in [0.25, 0.3) is 0 Å². The van der Waals surface area contributed by atoms with Crippen molar-refractivity contribution in [1.82, 2.24) is 20.4 Å². The fourth-order valence-electron chi connectivity index (χ4n) is 4.02. The molecule has 0 spiro atoms. The molecule has 3 amide bonds. The number of hydrogen-bond donors (Lipinski definition) is 2. The molecule has 0 radical (unpaired) electrons. The van der Waals surface area contributed by atoms with Gasteiger partial charge in [-0.05, 0) is 38.8 Å². The molecule has 3 rings (SSSR count). The van der Waals surface area contributed by atoms with Gasteiger partial charge in [-0.2, -0.15) is 0 Å². The molecule has 166 valence electrons. The first-order valence-electron chi connectivity index (χ1n) is 11.0. The van der Waals surface area contributed by atoms with Gasteiger partial charge in [0.05, 0.1) is 12.1 Å². The molecule has 1 aliphatic heterocycles. The number of hydrogen-bond acceptors (Lipinski definition) is 4. The van der Waals surface area contributed by atoms with Gasteiger partial charge in [-0.1, -0.05) is 60.7 Å². The number of carbonyl (C=O) groups is 2. The van der Waals surface area contributed by atoms with Gasteiger partial charge in [-0.25, -0.2) is 4.79 Å². The lowest BCUT2D eigenvalue weighted by Crippen LogP contribution is -2.57. The largest absolute Gasteiger partial charge is 0.333 e. The summed E-state index contributed by atoms with van der Waals surface area (Å²) < 4.78 is 0. The van der Waals surface area contributed by atoms with E-state index in [1.54, 1.807) is 0 Å². The van der Waals surface area contributed by atoms with Crippen molar-refractivity contribution in [3.63, 3.8) is 0 Å². The first kappa shape index (κ1) is 23.0. The van der Waals surface area contributed by atoms with Crippen LogP contribution in [0.4, 0.5) is 4.79 Å². The first-order chi connectivity index (χ1) is 14.7. The van der Waals surface area contributed by atoms with Crippen LogP contribution >= 0.6 is 0 Å². The molecule has 1 saturated heterocycles. The molecule has 1 atom stereocenters. The van der Waals surface area contributed by atoms with E-state index >= 15 is 0 Å². The van der Waals surface area contributed by atoms with Gasteiger partial charge < -0.3 is 5.32 Å². The molecule has 0 saturated carbocycles. The van der Waals surface area contributed by atoms with E-state index in [9.17, 15) is 9.59 Å². The van der Waals surface area contributed by atoms with Crippen LogP contribution in [0, 0.1) is 0 Å². The predicted molar refractivity (Wildman–Crippen MR) is 124 cm³/mol. The molecule has 2 N–H and O–H groups in total. The number of urea groups is 1. The van der Waals surface area contributed by atoms with E-state index in [2.05, 4.69) is 69.0 Å². The van der Waals surface area contributed by atoms with Crippen molar-refractivity contribution < 1.29 is 9.59 Å². The molecule has 0 aromatic heterocycles. The average Bonchev–Trinajstić information content (AvgIpc) is 2.74. The second kappa shape index (κ2) is 10.1. The fourth-order valence-corrected chi connectivity index (χ4v) is 4.02. The lowest BCUT2D eigenvalue weighted by atomic mass is 9.96. The van der Waals surface area contributed by atoms with Crippen LogP contribution in [0.5, 0.6) is 0 Å². The molecular weight excluding hydrogens is 388 g/mol. The highest BCUT2D eigenvalue weighted by Gasteiger charge is 2.30. The molecule has 0 aliphatic carbocycles. The van der Waals surface area contributed by atoms with Gasteiger partial charge in [0.25, 0.3) is 0 Å². The van der Waals surface area contributed by atoms with E-state index in [1.165, 1.54) is 11.1 Å². The van der Waals surface area contributed by atoms with Crippen LogP contribution in [0.2, 0.25) is 0 Å². The highest BCUT2D eigenvalue weighted by Crippen LogP contribution is 2.29.